The molecular formula is C15H15N3O4. The SMILES string of the molecule is Cc1oc([C@H](CO)N=[N+]=[N-])cc1C(=O)OCc1ccccc1. The molecule has 22 heavy (non-hydrogen) atoms. The largest absolute Gasteiger partial charge is 0.465 e. The maximum absolute atomic E-state index is 12.1. The van der Waals surface area contributed by atoms with Crippen molar-refractivity contribution in [3.63, 3.8) is 0 Å². The standard InChI is InChI=1S/C15H15N3O4/c1-10-12(7-14(22-10)13(8-19)17-18-16)15(20)21-9-11-5-3-2-4-6-11/h2-7,13,19H,8-9H2,1H3/t13-/m0/s1. The highest BCUT2D eigenvalue weighted by molar-refractivity contribution is 5.90. The number of esters is 1. The van der Waals surface area contributed by atoms with Gasteiger partial charge in [0.15, 0.2) is 0 Å². The van der Waals surface area contributed by atoms with E-state index in [4.69, 9.17) is 19.8 Å². The predicted molar refractivity (Wildman–Crippen MR) is 78.0 cm³/mol. The number of nitrogens with zero attached hydrogens (tertiary/aromatic N) is 3. The number of aliphatic hydroxyl groups excluding tert-OH is 1. The second-order valence-corrected chi connectivity index (χ2v) is 4.58. The van der Waals surface area contributed by atoms with Crippen molar-refractivity contribution in [3.05, 3.63) is 69.5 Å². The van der Waals surface area contributed by atoms with Gasteiger partial charge in [0.05, 0.1) is 6.61 Å². The molecule has 1 N–H and O–H groups in total. The average molecular weight is 301 g/mol. The lowest BCUT2D eigenvalue weighted by atomic mass is 10.2. The summed E-state index contributed by atoms with van der Waals surface area (Å²) in [6.45, 7) is 1.35. The van der Waals surface area contributed by atoms with Gasteiger partial charge in [-0.25, -0.2) is 4.79 Å². The maximum atomic E-state index is 12.1. The quantitative estimate of drug-likeness (QED) is 0.382. The van der Waals surface area contributed by atoms with Crippen molar-refractivity contribution in [2.24, 2.45) is 5.11 Å². The van der Waals surface area contributed by atoms with Crippen LogP contribution in [0.2, 0.25) is 0 Å². The Bertz CT molecular complexity index is 690. The zero-order valence-electron chi connectivity index (χ0n) is 12.0. The van der Waals surface area contributed by atoms with E-state index in [0.29, 0.717) is 5.76 Å². The van der Waals surface area contributed by atoms with Gasteiger partial charge in [-0.1, -0.05) is 35.4 Å². The first kappa shape index (κ1) is 15.6. The summed E-state index contributed by atoms with van der Waals surface area (Å²) in [6, 6.07) is 9.86. The Kier molecular flexibility index (Phi) is 5.19. The van der Waals surface area contributed by atoms with Gasteiger partial charge >= 0.3 is 5.97 Å². The molecule has 1 aromatic heterocycles. The van der Waals surface area contributed by atoms with Crippen LogP contribution in [0.15, 0.2) is 45.9 Å². The topological polar surface area (TPSA) is 108 Å². The molecule has 0 radical (unpaired) electrons. The lowest BCUT2D eigenvalue weighted by Crippen LogP contribution is -2.05. The lowest BCUT2D eigenvalue weighted by molar-refractivity contribution is 0.0470. The van der Waals surface area contributed by atoms with Gasteiger partial charge in [-0.05, 0) is 24.1 Å². The summed E-state index contributed by atoms with van der Waals surface area (Å²) in [4.78, 5) is 14.7. The Balaban J connectivity index is 2.10. The second kappa shape index (κ2) is 7.31. The van der Waals surface area contributed by atoms with Crippen molar-refractivity contribution in [2.45, 2.75) is 19.6 Å². The third kappa shape index (κ3) is 3.66. The van der Waals surface area contributed by atoms with E-state index in [1.165, 1.54) is 6.07 Å². The molecule has 2 rings (SSSR count). The van der Waals surface area contributed by atoms with E-state index in [0.717, 1.165) is 5.56 Å². The number of hydrogen-bond donors (Lipinski definition) is 1. The lowest BCUT2D eigenvalue weighted by Gasteiger charge is -2.03. The van der Waals surface area contributed by atoms with Crippen LogP contribution in [0.4, 0.5) is 0 Å². The molecule has 114 valence electrons. The van der Waals surface area contributed by atoms with Crippen LogP contribution in [0.1, 0.15) is 33.5 Å². The molecule has 0 saturated heterocycles. The van der Waals surface area contributed by atoms with Crippen LogP contribution in [0.5, 0.6) is 0 Å². The van der Waals surface area contributed by atoms with Crippen molar-refractivity contribution in [3.8, 4) is 0 Å². The molecule has 0 saturated carbocycles. The molecular weight excluding hydrogens is 286 g/mol. The van der Waals surface area contributed by atoms with Gasteiger partial charge < -0.3 is 14.3 Å². The minimum absolute atomic E-state index is 0.152. The number of furan rings is 1. The van der Waals surface area contributed by atoms with Gasteiger partial charge in [0.2, 0.25) is 0 Å². The van der Waals surface area contributed by atoms with E-state index in [1.807, 2.05) is 30.3 Å². The minimum atomic E-state index is -0.862. The number of benzene rings is 1. The summed E-state index contributed by atoms with van der Waals surface area (Å²) in [6.07, 6.45) is 0. The van der Waals surface area contributed by atoms with Crippen molar-refractivity contribution in [2.75, 3.05) is 6.61 Å². The Labute approximate surface area is 126 Å². The third-order valence-corrected chi connectivity index (χ3v) is 3.06. The molecule has 0 unspecified atom stereocenters. The highest BCUT2D eigenvalue weighted by Crippen LogP contribution is 2.24. The number of hydrogen-bond acceptors (Lipinski definition) is 5. The first-order valence-corrected chi connectivity index (χ1v) is 6.62. The highest BCUT2D eigenvalue weighted by Gasteiger charge is 2.20. The van der Waals surface area contributed by atoms with Gasteiger partial charge in [0.1, 0.15) is 29.7 Å². The van der Waals surface area contributed by atoms with Crippen LogP contribution < -0.4 is 0 Å². The molecule has 0 spiro atoms. The van der Waals surface area contributed by atoms with E-state index in [-0.39, 0.29) is 17.9 Å². The normalized spacial score (nSPS) is 11.5. The predicted octanol–water partition coefficient (Wildman–Crippen LogP) is 3.29. The summed E-state index contributed by atoms with van der Waals surface area (Å²) in [7, 11) is 0. The number of azide groups is 1. The molecule has 0 fully saturated rings. The van der Waals surface area contributed by atoms with Gasteiger partial charge in [-0.15, -0.1) is 0 Å². The molecule has 1 atom stereocenters. The molecule has 0 amide bonds. The maximum Gasteiger partial charge on any atom is 0.342 e. The zero-order chi connectivity index (χ0) is 15.9. The Morgan fingerprint density at radius 3 is 2.82 bits per heavy atom. The van der Waals surface area contributed by atoms with Crippen molar-refractivity contribution in [1.82, 2.24) is 0 Å². The number of ether oxygens (including phenoxy) is 1. The van der Waals surface area contributed by atoms with E-state index in [1.54, 1.807) is 6.92 Å². The van der Waals surface area contributed by atoms with E-state index >= 15 is 0 Å². The van der Waals surface area contributed by atoms with Crippen LogP contribution in [-0.2, 0) is 11.3 Å². The smallest absolute Gasteiger partial charge is 0.342 e. The summed E-state index contributed by atoms with van der Waals surface area (Å²) in [5, 5.41) is 12.6. The van der Waals surface area contributed by atoms with Crippen LogP contribution >= 0.6 is 0 Å². The minimum Gasteiger partial charge on any atom is -0.465 e. The summed E-state index contributed by atoms with van der Waals surface area (Å²) in [5.74, 6) is 0.0399. The Morgan fingerprint density at radius 1 is 1.45 bits per heavy atom. The van der Waals surface area contributed by atoms with Gasteiger partial charge in [0, 0.05) is 4.91 Å². The van der Waals surface area contributed by atoms with E-state index in [2.05, 4.69) is 10.0 Å². The molecule has 0 bridgehead atoms. The Morgan fingerprint density at radius 2 is 2.18 bits per heavy atom. The molecule has 7 heteroatoms. The van der Waals surface area contributed by atoms with Gasteiger partial charge in [-0.3, -0.25) is 0 Å². The first-order valence-electron chi connectivity index (χ1n) is 6.62. The molecule has 0 aliphatic carbocycles. The Hall–Kier alpha value is -2.76. The fourth-order valence-corrected chi connectivity index (χ4v) is 1.92. The summed E-state index contributed by atoms with van der Waals surface area (Å²) < 4.78 is 10.6. The fourth-order valence-electron chi connectivity index (χ4n) is 1.92. The van der Waals surface area contributed by atoms with Crippen LogP contribution in [0.25, 0.3) is 10.4 Å². The molecule has 7 nitrogen and oxygen atoms in total. The number of carbonyl (C=O) groups excluding carboxylic acids is 1. The monoisotopic (exact) mass is 301 g/mol. The van der Waals surface area contributed by atoms with Gasteiger partial charge in [0.25, 0.3) is 0 Å². The highest BCUT2D eigenvalue weighted by atomic mass is 16.5. The number of rotatable bonds is 6. The molecule has 1 heterocycles. The van der Waals surface area contributed by atoms with Gasteiger partial charge in [-0.2, -0.15) is 0 Å². The van der Waals surface area contributed by atoms with Crippen molar-refractivity contribution < 1.29 is 19.1 Å². The number of aryl methyl sites for hydroxylation is 1. The number of carbonyl (C=O) groups is 1. The zero-order valence-corrected chi connectivity index (χ0v) is 12.0. The third-order valence-electron chi connectivity index (χ3n) is 3.06. The second-order valence-electron chi connectivity index (χ2n) is 4.58. The van der Waals surface area contributed by atoms with E-state index in [9.17, 15) is 4.79 Å². The number of aliphatic hydroxyl groups is 1. The fraction of sp³-hybridized carbons (Fsp3) is 0.267. The van der Waals surface area contributed by atoms with Crippen LogP contribution in [-0.4, -0.2) is 17.7 Å². The molecule has 0 aliphatic heterocycles. The molecule has 1 aromatic carbocycles. The average Bonchev–Trinajstić information content (AvgIpc) is 2.93. The van der Waals surface area contributed by atoms with Crippen LogP contribution in [0, 0.1) is 6.92 Å². The van der Waals surface area contributed by atoms with Crippen LogP contribution in [0.3, 0.4) is 0 Å². The summed E-state index contributed by atoms with van der Waals surface area (Å²) in [5.41, 5.74) is 9.56. The summed E-state index contributed by atoms with van der Waals surface area (Å²) >= 11 is 0. The van der Waals surface area contributed by atoms with Crippen molar-refractivity contribution >= 4 is 5.97 Å². The first-order chi connectivity index (χ1) is 10.7. The van der Waals surface area contributed by atoms with Crippen molar-refractivity contribution in [1.29, 1.82) is 0 Å². The molecule has 2 aromatic rings. The molecule has 0 aliphatic rings. The van der Waals surface area contributed by atoms with E-state index < -0.39 is 18.6 Å².